The van der Waals surface area contributed by atoms with Crippen molar-refractivity contribution in [2.45, 2.75) is 18.9 Å². The van der Waals surface area contributed by atoms with E-state index in [-0.39, 0.29) is 5.92 Å². The molecule has 0 bridgehead atoms. The van der Waals surface area contributed by atoms with Crippen LogP contribution >= 0.6 is 0 Å². The smallest absolute Gasteiger partial charge is 0.102 e. The molecule has 1 heterocycles. The van der Waals surface area contributed by atoms with E-state index in [1.54, 1.807) is 10.9 Å². The summed E-state index contributed by atoms with van der Waals surface area (Å²) in [7, 11) is 1.84. The molecule has 1 aromatic heterocycles. The maximum absolute atomic E-state index is 10.3. The SMILES string of the molecule is CC(c1ccccc1)C(O)c1ccnn1C. The Morgan fingerprint density at radius 3 is 2.44 bits per heavy atom. The number of aryl methyl sites for hydroxylation is 1. The molecule has 0 aliphatic rings. The second-order valence-corrected chi connectivity index (χ2v) is 4.02. The van der Waals surface area contributed by atoms with Crippen molar-refractivity contribution in [1.29, 1.82) is 0 Å². The predicted octanol–water partition coefficient (Wildman–Crippen LogP) is 2.26. The Morgan fingerprint density at radius 1 is 1.19 bits per heavy atom. The van der Waals surface area contributed by atoms with Gasteiger partial charge in [-0.25, -0.2) is 0 Å². The summed E-state index contributed by atoms with van der Waals surface area (Å²) in [5.41, 5.74) is 1.98. The zero-order valence-corrected chi connectivity index (χ0v) is 9.54. The number of benzene rings is 1. The molecular formula is C13H16N2O. The lowest BCUT2D eigenvalue weighted by Gasteiger charge is -2.19. The van der Waals surface area contributed by atoms with Crippen molar-refractivity contribution in [3.8, 4) is 0 Å². The molecule has 2 atom stereocenters. The fourth-order valence-corrected chi connectivity index (χ4v) is 1.87. The van der Waals surface area contributed by atoms with Gasteiger partial charge < -0.3 is 5.11 Å². The van der Waals surface area contributed by atoms with Crippen LogP contribution in [-0.4, -0.2) is 14.9 Å². The number of aliphatic hydroxyl groups excluding tert-OH is 1. The number of rotatable bonds is 3. The van der Waals surface area contributed by atoms with Crippen LogP contribution in [0.3, 0.4) is 0 Å². The Hall–Kier alpha value is -1.61. The van der Waals surface area contributed by atoms with Gasteiger partial charge >= 0.3 is 0 Å². The van der Waals surface area contributed by atoms with Crippen molar-refractivity contribution in [2.75, 3.05) is 0 Å². The van der Waals surface area contributed by atoms with Crippen molar-refractivity contribution >= 4 is 0 Å². The van der Waals surface area contributed by atoms with Gasteiger partial charge in [-0.1, -0.05) is 37.3 Å². The van der Waals surface area contributed by atoms with E-state index in [0.29, 0.717) is 0 Å². The first-order valence-electron chi connectivity index (χ1n) is 5.41. The van der Waals surface area contributed by atoms with Crippen molar-refractivity contribution < 1.29 is 5.11 Å². The molecule has 0 aliphatic heterocycles. The molecule has 2 aromatic rings. The summed E-state index contributed by atoms with van der Waals surface area (Å²) in [6.45, 7) is 2.02. The van der Waals surface area contributed by atoms with E-state index >= 15 is 0 Å². The zero-order chi connectivity index (χ0) is 11.5. The maximum atomic E-state index is 10.3. The Balaban J connectivity index is 2.23. The van der Waals surface area contributed by atoms with Gasteiger partial charge in [0.2, 0.25) is 0 Å². The molecule has 0 amide bonds. The average molecular weight is 216 g/mol. The van der Waals surface area contributed by atoms with Gasteiger partial charge in [-0.05, 0) is 11.6 Å². The normalized spacial score (nSPS) is 14.7. The average Bonchev–Trinajstić information content (AvgIpc) is 2.75. The van der Waals surface area contributed by atoms with Crippen LogP contribution in [0.2, 0.25) is 0 Å². The van der Waals surface area contributed by atoms with E-state index in [2.05, 4.69) is 5.10 Å². The van der Waals surface area contributed by atoms with Crippen LogP contribution in [0.1, 0.15) is 30.2 Å². The summed E-state index contributed by atoms with van der Waals surface area (Å²) < 4.78 is 1.71. The monoisotopic (exact) mass is 216 g/mol. The molecule has 0 saturated heterocycles. The Bertz CT molecular complexity index is 450. The standard InChI is InChI=1S/C13H16N2O/c1-10(11-6-4-3-5-7-11)13(16)12-8-9-14-15(12)2/h3-10,13,16H,1-2H3. The quantitative estimate of drug-likeness (QED) is 0.854. The first kappa shape index (κ1) is 10.9. The minimum absolute atomic E-state index is 0.0663. The number of nitrogens with zero attached hydrogens (tertiary/aromatic N) is 2. The van der Waals surface area contributed by atoms with E-state index in [1.165, 1.54) is 0 Å². The lowest BCUT2D eigenvalue weighted by atomic mass is 9.93. The van der Waals surface area contributed by atoms with Crippen LogP contribution in [0.4, 0.5) is 0 Å². The Morgan fingerprint density at radius 2 is 1.88 bits per heavy atom. The molecule has 84 valence electrons. The second-order valence-electron chi connectivity index (χ2n) is 4.02. The molecule has 0 aliphatic carbocycles. The third-order valence-corrected chi connectivity index (χ3v) is 2.96. The van der Waals surface area contributed by atoms with E-state index in [4.69, 9.17) is 0 Å². The Kier molecular flexibility index (Phi) is 3.06. The van der Waals surface area contributed by atoms with Gasteiger partial charge in [-0.2, -0.15) is 5.10 Å². The molecule has 0 fully saturated rings. The van der Waals surface area contributed by atoms with E-state index < -0.39 is 6.10 Å². The highest BCUT2D eigenvalue weighted by molar-refractivity contribution is 5.22. The Labute approximate surface area is 95.3 Å². The largest absolute Gasteiger partial charge is 0.386 e. The highest BCUT2D eigenvalue weighted by Crippen LogP contribution is 2.29. The topological polar surface area (TPSA) is 38.1 Å². The number of hydrogen-bond acceptors (Lipinski definition) is 2. The molecule has 2 unspecified atom stereocenters. The number of aliphatic hydroxyl groups is 1. The maximum Gasteiger partial charge on any atom is 0.102 e. The highest BCUT2D eigenvalue weighted by Gasteiger charge is 2.20. The fourth-order valence-electron chi connectivity index (χ4n) is 1.87. The molecule has 1 N–H and O–H groups in total. The van der Waals surface area contributed by atoms with Gasteiger partial charge in [0, 0.05) is 19.2 Å². The highest BCUT2D eigenvalue weighted by atomic mass is 16.3. The number of hydrogen-bond donors (Lipinski definition) is 1. The van der Waals surface area contributed by atoms with E-state index in [1.807, 2.05) is 50.4 Å². The first-order chi connectivity index (χ1) is 7.70. The minimum Gasteiger partial charge on any atom is -0.386 e. The summed E-state index contributed by atoms with van der Waals surface area (Å²) in [4.78, 5) is 0. The zero-order valence-electron chi connectivity index (χ0n) is 9.54. The van der Waals surface area contributed by atoms with Gasteiger partial charge in [-0.15, -0.1) is 0 Å². The van der Waals surface area contributed by atoms with Crippen molar-refractivity contribution in [3.63, 3.8) is 0 Å². The van der Waals surface area contributed by atoms with E-state index in [9.17, 15) is 5.11 Å². The van der Waals surface area contributed by atoms with Crippen LogP contribution in [0, 0.1) is 0 Å². The van der Waals surface area contributed by atoms with Gasteiger partial charge in [-0.3, -0.25) is 4.68 Å². The summed E-state index contributed by atoms with van der Waals surface area (Å²) in [6, 6.07) is 11.9. The van der Waals surface area contributed by atoms with E-state index in [0.717, 1.165) is 11.3 Å². The van der Waals surface area contributed by atoms with Crippen LogP contribution in [0.5, 0.6) is 0 Å². The summed E-state index contributed by atoms with van der Waals surface area (Å²) in [5.74, 6) is 0.0663. The lowest BCUT2D eigenvalue weighted by molar-refractivity contribution is 0.142. The molecule has 3 heteroatoms. The predicted molar refractivity (Wildman–Crippen MR) is 63.0 cm³/mol. The third-order valence-electron chi connectivity index (χ3n) is 2.96. The third kappa shape index (κ3) is 1.99. The van der Waals surface area contributed by atoms with Gasteiger partial charge in [0.1, 0.15) is 6.10 Å². The van der Waals surface area contributed by atoms with Crippen LogP contribution < -0.4 is 0 Å². The van der Waals surface area contributed by atoms with Crippen LogP contribution in [0.25, 0.3) is 0 Å². The molecule has 1 aromatic carbocycles. The lowest BCUT2D eigenvalue weighted by Crippen LogP contribution is -2.11. The van der Waals surface area contributed by atoms with Crippen molar-refractivity contribution in [2.24, 2.45) is 7.05 Å². The summed E-state index contributed by atoms with van der Waals surface area (Å²) in [5, 5.41) is 14.3. The molecule has 3 nitrogen and oxygen atoms in total. The van der Waals surface area contributed by atoms with Crippen LogP contribution in [0.15, 0.2) is 42.6 Å². The van der Waals surface area contributed by atoms with Crippen molar-refractivity contribution in [1.82, 2.24) is 9.78 Å². The van der Waals surface area contributed by atoms with Gasteiger partial charge in [0.15, 0.2) is 0 Å². The van der Waals surface area contributed by atoms with Crippen molar-refractivity contribution in [3.05, 3.63) is 53.9 Å². The summed E-state index contributed by atoms with van der Waals surface area (Å²) in [6.07, 6.45) is 1.19. The molecule has 0 saturated carbocycles. The molecular weight excluding hydrogens is 200 g/mol. The van der Waals surface area contributed by atoms with Crippen LogP contribution in [-0.2, 0) is 7.05 Å². The van der Waals surface area contributed by atoms with Gasteiger partial charge in [0.25, 0.3) is 0 Å². The number of aromatic nitrogens is 2. The second kappa shape index (κ2) is 4.49. The molecule has 0 spiro atoms. The first-order valence-corrected chi connectivity index (χ1v) is 5.41. The van der Waals surface area contributed by atoms with Gasteiger partial charge in [0.05, 0.1) is 5.69 Å². The summed E-state index contributed by atoms with van der Waals surface area (Å²) >= 11 is 0. The fraction of sp³-hybridized carbons (Fsp3) is 0.308. The molecule has 16 heavy (non-hydrogen) atoms. The molecule has 0 radical (unpaired) electrons. The minimum atomic E-state index is -0.519. The molecule has 2 rings (SSSR count).